The molecule has 2 aromatic rings. The van der Waals surface area contributed by atoms with Gasteiger partial charge in [-0.05, 0) is 49.0 Å². The van der Waals surface area contributed by atoms with Gasteiger partial charge < -0.3 is 14.9 Å². The number of carboxylic acid groups (broad SMARTS) is 1. The molecule has 0 bridgehead atoms. The minimum Gasteiger partial charge on any atom is -0.504 e. The van der Waals surface area contributed by atoms with Crippen LogP contribution in [0.15, 0.2) is 46.3 Å². The molecule has 2 aromatic carbocycles. The zero-order valence-electron chi connectivity index (χ0n) is 16.4. The van der Waals surface area contributed by atoms with Crippen molar-refractivity contribution < 1.29 is 29.5 Å². The molecule has 0 aromatic heterocycles. The van der Waals surface area contributed by atoms with Crippen LogP contribution in [0.2, 0.25) is 0 Å². The summed E-state index contributed by atoms with van der Waals surface area (Å²) >= 11 is 1.04. The van der Waals surface area contributed by atoms with E-state index < -0.39 is 10.9 Å². The molecule has 1 aliphatic heterocycles. The number of nitro groups is 1. The Bertz CT molecular complexity index is 1130. The number of carbonyl (C=O) groups excluding carboxylic acids is 1. The van der Waals surface area contributed by atoms with E-state index in [0.29, 0.717) is 17.4 Å². The number of hydrogen-bond acceptors (Lipinski definition) is 8. The number of amides is 1. The van der Waals surface area contributed by atoms with Gasteiger partial charge in [0, 0.05) is 18.2 Å². The second-order valence-electron chi connectivity index (χ2n) is 6.25. The molecular weight excluding hydrogens is 426 g/mol. The summed E-state index contributed by atoms with van der Waals surface area (Å²) in [6.45, 7) is 2.08. The van der Waals surface area contributed by atoms with E-state index in [0.717, 1.165) is 23.9 Å². The number of methoxy groups -OCH3 is 1. The molecule has 1 heterocycles. The Hall–Kier alpha value is -3.86. The smallest absolute Gasteiger partial charge is 0.335 e. The standard InChI is InChI=1S/C20H17N3O7S/c1-3-22-18(25)16(9-12-8-14(23(28)29)10-15(30-2)17(12)24)31-20(22)21-13-6-4-11(5-7-13)19(26)27/h4-10,24H,3H2,1-2H3,(H,26,27). The van der Waals surface area contributed by atoms with Gasteiger partial charge in [0.05, 0.1) is 34.3 Å². The first-order valence-electron chi connectivity index (χ1n) is 8.94. The lowest BCUT2D eigenvalue weighted by molar-refractivity contribution is -0.385. The Morgan fingerprint density at radius 2 is 2.00 bits per heavy atom. The van der Waals surface area contributed by atoms with E-state index in [2.05, 4.69) is 4.99 Å². The third-order valence-corrected chi connectivity index (χ3v) is 5.36. The highest BCUT2D eigenvalue weighted by Gasteiger charge is 2.33. The number of carboxylic acids is 1. The number of rotatable bonds is 6. The number of nitro benzene ring substituents is 1. The number of phenolic OH excluding ortho intramolecular Hbond substituents is 1. The van der Waals surface area contributed by atoms with Gasteiger partial charge >= 0.3 is 5.97 Å². The molecule has 1 fully saturated rings. The van der Waals surface area contributed by atoms with E-state index in [1.807, 2.05) is 0 Å². The van der Waals surface area contributed by atoms with Gasteiger partial charge in [0.1, 0.15) is 0 Å². The van der Waals surface area contributed by atoms with Crippen molar-refractivity contribution in [2.24, 2.45) is 4.99 Å². The van der Waals surface area contributed by atoms with Crippen LogP contribution in [0.1, 0.15) is 22.8 Å². The largest absolute Gasteiger partial charge is 0.504 e. The molecule has 0 atom stereocenters. The highest BCUT2D eigenvalue weighted by molar-refractivity contribution is 8.18. The quantitative estimate of drug-likeness (QED) is 0.391. The van der Waals surface area contributed by atoms with Gasteiger partial charge in [0.15, 0.2) is 16.7 Å². The molecule has 0 unspecified atom stereocenters. The zero-order valence-corrected chi connectivity index (χ0v) is 17.3. The summed E-state index contributed by atoms with van der Waals surface area (Å²) < 4.78 is 4.99. The number of nitrogens with zero attached hydrogens (tertiary/aromatic N) is 3. The lowest BCUT2D eigenvalue weighted by Crippen LogP contribution is -2.28. The molecule has 0 aliphatic carbocycles. The maximum atomic E-state index is 12.8. The molecule has 1 aliphatic rings. The molecule has 11 heteroatoms. The number of hydrogen-bond donors (Lipinski definition) is 2. The van der Waals surface area contributed by atoms with Gasteiger partial charge in [-0.25, -0.2) is 9.79 Å². The maximum Gasteiger partial charge on any atom is 0.335 e. The number of carbonyl (C=O) groups is 2. The Kier molecular flexibility index (Phi) is 6.25. The average molecular weight is 443 g/mol. The molecule has 160 valence electrons. The summed E-state index contributed by atoms with van der Waals surface area (Å²) in [6, 6.07) is 8.09. The number of amidine groups is 1. The number of aromatic hydroxyl groups is 1. The minimum absolute atomic E-state index is 0.0602. The van der Waals surface area contributed by atoms with Crippen LogP contribution in [0.4, 0.5) is 11.4 Å². The number of likely N-dealkylation sites (N-methyl/N-ethyl adjacent to an activating group) is 1. The van der Waals surface area contributed by atoms with Gasteiger partial charge in [-0.1, -0.05) is 0 Å². The van der Waals surface area contributed by atoms with Gasteiger partial charge in [-0.2, -0.15) is 0 Å². The predicted molar refractivity (Wildman–Crippen MR) is 115 cm³/mol. The Balaban J connectivity index is 2.00. The van der Waals surface area contributed by atoms with Gasteiger partial charge in [0.2, 0.25) is 0 Å². The predicted octanol–water partition coefficient (Wildman–Crippen LogP) is 3.63. The lowest BCUT2D eigenvalue weighted by atomic mass is 10.1. The van der Waals surface area contributed by atoms with Crippen molar-refractivity contribution in [2.45, 2.75) is 6.92 Å². The number of benzene rings is 2. The Morgan fingerprint density at radius 3 is 2.55 bits per heavy atom. The van der Waals surface area contributed by atoms with Crippen LogP contribution in [-0.4, -0.2) is 50.7 Å². The van der Waals surface area contributed by atoms with E-state index in [9.17, 15) is 24.8 Å². The summed E-state index contributed by atoms with van der Waals surface area (Å²) in [7, 11) is 1.27. The first-order valence-corrected chi connectivity index (χ1v) is 9.75. The Labute approximate surface area is 180 Å². The maximum absolute atomic E-state index is 12.8. The van der Waals surface area contributed by atoms with Crippen molar-refractivity contribution in [3.8, 4) is 11.5 Å². The number of phenols is 1. The number of ether oxygens (including phenoxy) is 1. The number of aromatic carboxylic acids is 1. The van der Waals surface area contributed by atoms with Crippen LogP contribution < -0.4 is 4.74 Å². The molecule has 0 radical (unpaired) electrons. The molecule has 1 amide bonds. The molecule has 1 saturated heterocycles. The van der Waals surface area contributed by atoms with Crippen LogP contribution in [0, 0.1) is 10.1 Å². The first kappa shape index (κ1) is 21.8. The summed E-state index contributed by atoms with van der Waals surface area (Å²) in [5.41, 5.74) is 0.337. The van der Waals surface area contributed by atoms with Crippen molar-refractivity contribution >= 4 is 46.3 Å². The summed E-state index contributed by atoms with van der Waals surface area (Å²) in [5.74, 6) is -1.85. The normalized spacial score (nSPS) is 16.2. The number of aliphatic imine (C=N–C) groups is 1. The molecule has 2 N–H and O–H groups in total. The van der Waals surface area contributed by atoms with Crippen LogP contribution >= 0.6 is 11.8 Å². The van der Waals surface area contributed by atoms with Crippen molar-refractivity contribution in [1.29, 1.82) is 0 Å². The number of thioether (sulfide) groups is 1. The molecule has 10 nitrogen and oxygen atoms in total. The monoisotopic (exact) mass is 443 g/mol. The summed E-state index contributed by atoms with van der Waals surface area (Å²) in [4.78, 5) is 40.4. The van der Waals surface area contributed by atoms with E-state index in [1.54, 1.807) is 6.92 Å². The molecule has 3 rings (SSSR count). The highest BCUT2D eigenvalue weighted by atomic mass is 32.2. The van der Waals surface area contributed by atoms with Crippen LogP contribution in [-0.2, 0) is 4.79 Å². The fraction of sp³-hybridized carbons (Fsp3) is 0.150. The SMILES string of the molecule is CCN1C(=O)C(=Cc2cc([N+](=O)[O-])cc(OC)c2O)SC1=Nc1ccc(C(=O)O)cc1. The fourth-order valence-electron chi connectivity index (χ4n) is 2.79. The van der Waals surface area contributed by atoms with Crippen LogP contribution in [0.25, 0.3) is 6.08 Å². The topological polar surface area (TPSA) is 143 Å². The van der Waals surface area contributed by atoms with Crippen molar-refractivity contribution in [1.82, 2.24) is 4.90 Å². The van der Waals surface area contributed by atoms with Crippen LogP contribution in [0.3, 0.4) is 0 Å². The van der Waals surface area contributed by atoms with Crippen molar-refractivity contribution in [3.63, 3.8) is 0 Å². The zero-order chi connectivity index (χ0) is 22.7. The van der Waals surface area contributed by atoms with Gasteiger partial charge in [-0.15, -0.1) is 0 Å². The van der Waals surface area contributed by atoms with E-state index in [4.69, 9.17) is 9.84 Å². The van der Waals surface area contributed by atoms with Gasteiger partial charge in [-0.3, -0.25) is 19.8 Å². The van der Waals surface area contributed by atoms with Crippen LogP contribution in [0.5, 0.6) is 11.5 Å². The van der Waals surface area contributed by atoms with E-state index in [-0.39, 0.29) is 39.1 Å². The number of non-ortho nitro benzene ring substituents is 1. The highest BCUT2D eigenvalue weighted by Crippen LogP contribution is 2.39. The lowest BCUT2D eigenvalue weighted by Gasteiger charge is -2.12. The Morgan fingerprint density at radius 1 is 1.32 bits per heavy atom. The molecule has 0 saturated carbocycles. The third-order valence-electron chi connectivity index (χ3n) is 4.35. The van der Waals surface area contributed by atoms with E-state index >= 15 is 0 Å². The average Bonchev–Trinajstić information content (AvgIpc) is 3.03. The second kappa shape index (κ2) is 8.88. The third kappa shape index (κ3) is 4.51. The second-order valence-corrected chi connectivity index (χ2v) is 7.26. The van der Waals surface area contributed by atoms with Gasteiger partial charge in [0.25, 0.3) is 11.6 Å². The first-order chi connectivity index (χ1) is 14.7. The summed E-state index contributed by atoms with van der Waals surface area (Å²) in [6.07, 6.45) is 1.34. The van der Waals surface area contributed by atoms with Crippen molar-refractivity contribution in [2.75, 3.05) is 13.7 Å². The molecular formula is C20H17N3O7S. The van der Waals surface area contributed by atoms with Crippen molar-refractivity contribution in [3.05, 3.63) is 62.5 Å². The van der Waals surface area contributed by atoms with E-state index in [1.165, 1.54) is 42.4 Å². The molecule has 31 heavy (non-hydrogen) atoms. The molecule has 0 spiro atoms. The minimum atomic E-state index is -1.06. The fourth-order valence-corrected chi connectivity index (χ4v) is 3.84. The summed E-state index contributed by atoms with van der Waals surface area (Å²) in [5, 5.41) is 30.8.